The van der Waals surface area contributed by atoms with Crippen molar-refractivity contribution in [3.8, 4) is 0 Å². The fourth-order valence-corrected chi connectivity index (χ4v) is 3.23. The lowest BCUT2D eigenvalue weighted by Gasteiger charge is -2.07. The van der Waals surface area contributed by atoms with Gasteiger partial charge in [-0.1, -0.05) is 18.2 Å². The fourth-order valence-electron chi connectivity index (χ4n) is 2.37. The van der Waals surface area contributed by atoms with Crippen molar-refractivity contribution < 1.29 is 18.0 Å². The van der Waals surface area contributed by atoms with Crippen LogP contribution in [0.25, 0.3) is 0 Å². The Kier molecular flexibility index (Phi) is 5.08. The average Bonchev–Trinajstić information content (AvgIpc) is 3.16. The maximum atomic E-state index is 12.8. The molecule has 0 aliphatic rings. The molecule has 1 N–H and O–H groups in total. The maximum absolute atomic E-state index is 12.8. The normalized spacial score (nSPS) is 11.5. The van der Waals surface area contributed by atoms with Crippen LogP contribution in [0.3, 0.4) is 0 Å². The minimum absolute atomic E-state index is 0.0659. The van der Waals surface area contributed by atoms with Crippen LogP contribution in [0.1, 0.15) is 21.6 Å². The Morgan fingerprint density at radius 2 is 2.12 bits per heavy atom. The van der Waals surface area contributed by atoms with E-state index in [1.807, 2.05) is 6.92 Å². The van der Waals surface area contributed by atoms with Gasteiger partial charge < -0.3 is 5.32 Å². The van der Waals surface area contributed by atoms with E-state index in [0.717, 1.165) is 22.6 Å². The molecule has 0 saturated heterocycles. The molecular formula is C17H15F3N4OS. The van der Waals surface area contributed by atoms with Crippen LogP contribution >= 0.6 is 11.3 Å². The van der Waals surface area contributed by atoms with E-state index in [1.54, 1.807) is 24.7 Å². The Labute approximate surface area is 151 Å². The molecule has 3 aromatic rings. The number of alkyl halides is 3. The summed E-state index contributed by atoms with van der Waals surface area (Å²) >= 11 is 1.23. The quantitative estimate of drug-likeness (QED) is 0.730. The van der Waals surface area contributed by atoms with Gasteiger partial charge in [0.1, 0.15) is 6.54 Å². The number of anilines is 1. The predicted molar refractivity (Wildman–Crippen MR) is 92.0 cm³/mol. The number of nitrogens with one attached hydrogen (secondary N) is 1. The van der Waals surface area contributed by atoms with Crippen LogP contribution in [0.5, 0.6) is 0 Å². The predicted octanol–water partition coefficient (Wildman–Crippen LogP) is 3.90. The Morgan fingerprint density at radius 1 is 1.31 bits per heavy atom. The first kappa shape index (κ1) is 18.1. The lowest BCUT2D eigenvalue weighted by molar-refractivity contribution is -0.137. The van der Waals surface area contributed by atoms with Gasteiger partial charge in [-0.05, 0) is 24.1 Å². The third kappa shape index (κ3) is 4.69. The molecule has 0 bridgehead atoms. The van der Waals surface area contributed by atoms with Crippen molar-refractivity contribution in [2.45, 2.75) is 26.1 Å². The number of amides is 1. The maximum Gasteiger partial charge on any atom is 0.416 e. The second-order valence-corrected chi connectivity index (χ2v) is 6.89. The smallest absolute Gasteiger partial charge is 0.300 e. The number of rotatable bonds is 5. The standard InChI is InChI=1S/C17H15F3N4OS/c1-11-7-22-24(9-11)10-15(25)23-16-21-8-14(26-16)6-12-3-2-4-13(5-12)17(18,19)20/h2-5,7-9H,6,10H2,1H3,(H,21,23,25). The summed E-state index contributed by atoms with van der Waals surface area (Å²) in [7, 11) is 0. The van der Waals surface area contributed by atoms with Crippen LogP contribution in [0.4, 0.5) is 18.3 Å². The molecule has 26 heavy (non-hydrogen) atoms. The number of aryl methyl sites for hydroxylation is 1. The Hall–Kier alpha value is -2.68. The number of carbonyl (C=O) groups is 1. The topological polar surface area (TPSA) is 59.8 Å². The van der Waals surface area contributed by atoms with Gasteiger partial charge in [-0.2, -0.15) is 18.3 Å². The van der Waals surface area contributed by atoms with Crippen LogP contribution in [0.2, 0.25) is 0 Å². The van der Waals surface area contributed by atoms with Crippen molar-refractivity contribution >= 4 is 22.4 Å². The van der Waals surface area contributed by atoms with E-state index in [-0.39, 0.29) is 12.5 Å². The van der Waals surface area contributed by atoms with Crippen LogP contribution in [-0.4, -0.2) is 20.7 Å². The van der Waals surface area contributed by atoms with Crippen molar-refractivity contribution in [1.29, 1.82) is 0 Å². The molecule has 5 nitrogen and oxygen atoms in total. The van der Waals surface area contributed by atoms with Gasteiger partial charge in [-0.3, -0.25) is 9.48 Å². The molecular weight excluding hydrogens is 365 g/mol. The molecule has 136 valence electrons. The summed E-state index contributed by atoms with van der Waals surface area (Å²) < 4.78 is 39.8. The van der Waals surface area contributed by atoms with E-state index in [9.17, 15) is 18.0 Å². The highest BCUT2D eigenvalue weighted by Gasteiger charge is 2.30. The monoisotopic (exact) mass is 380 g/mol. The van der Waals surface area contributed by atoms with Crippen LogP contribution in [-0.2, 0) is 23.9 Å². The van der Waals surface area contributed by atoms with E-state index in [0.29, 0.717) is 17.1 Å². The molecule has 9 heteroatoms. The van der Waals surface area contributed by atoms with Gasteiger partial charge in [0.25, 0.3) is 0 Å². The molecule has 0 radical (unpaired) electrons. The highest BCUT2D eigenvalue weighted by Crippen LogP contribution is 2.30. The first-order valence-electron chi connectivity index (χ1n) is 7.69. The number of nitrogens with zero attached hydrogens (tertiary/aromatic N) is 3. The van der Waals surface area contributed by atoms with Gasteiger partial charge in [0.2, 0.25) is 5.91 Å². The van der Waals surface area contributed by atoms with Crippen molar-refractivity contribution in [2.24, 2.45) is 0 Å². The van der Waals surface area contributed by atoms with Gasteiger partial charge in [0, 0.05) is 23.7 Å². The molecule has 2 aromatic heterocycles. The van der Waals surface area contributed by atoms with E-state index < -0.39 is 11.7 Å². The largest absolute Gasteiger partial charge is 0.416 e. The van der Waals surface area contributed by atoms with E-state index in [1.165, 1.54) is 22.1 Å². The van der Waals surface area contributed by atoms with E-state index >= 15 is 0 Å². The number of hydrogen-bond donors (Lipinski definition) is 1. The lowest BCUT2D eigenvalue weighted by Crippen LogP contribution is -2.18. The molecule has 0 atom stereocenters. The minimum Gasteiger partial charge on any atom is -0.300 e. The summed E-state index contributed by atoms with van der Waals surface area (Å²) in [6, 6.07) is 5.18. The number of thiazole rings is 1. The summed E-state index contributed by atoms with van der Waals surface area (Å²) in [5.41, 5.74) is 0.811. The van der Waals surface area contributed by atoms with Crippen LogP contribution in [0, 0.1) is 6.92 Å². The average molecular weight is 380 g/mol. The third-order valence-corrected chi connectivity index (χ3v) is 4.41. The van der Waals surface area contributed by atoms with Crippen molar-refractivity contribution in [3.63, 3.8) is 0 Å². The lowest BCUT2D eigenvalue weighted by atomic mass is 10.1. The second-order valence-electron chi connectivity index (χ2n) is 5.77. The highest BCUT2D eigenvalue weighted by atomic mass is 32.1. The van der Waals surface area contributed by atoms with Crippen molar-refractivity contribution in [3.05, 3.63) is 64.4 Å². The molecule has 0 fully saturated rings. The van der Waals surface area contributed by atoms with Gasteiger partial charge in [-0.15, -0.1) is 11.3 Å². The number of benzene rings is 1. The zero-order valence-electron chi connectivity index (χ0n) is 13.7. The number of halogens is 3. The number of aromatic nitrogens is 3. The molecule has 0 unspecified atom stereocenters. The van der Waals surface area contributed by atoms with Crippen molar-refractivity contribution in [1.82, 2.24) is 14.8 Å². The van der Waals surface area contributed by atoms with E-state index in [4.69, 9.17) is 0 Å². The second kappa shape index (κ2) is 7.28. The molecule has 3 rings (SSSR count). The molecule has 0 aliphatic carbocycles. The Bertz CT molecular complexity index is 917. The zero-order chi connectivity index (χ0) is 18.7. The Balaban J connectivity index is 1.62. The molecule has 0 spiro atoms. The summed E-state index contributed by atoms with van der Waals surface area (Å²) in [6.07, 6.45) is 0.909. The summed E-state index contributed by atoms with van der Waals surface area (Å²) in [5.74, 6) is -0.270. The van der Waals surface area contributed by atoms with Gasteiger partial charge >= 0.3 is 6.18 Å². The minimum atomic E-state index is -4.37. The summed E-state index contributed by atoms with van der Waals surface area (Å²) in [5, 5.41) is 7.11. The highest BCUT2D eigenvalue weighted by molar-refractivity contribution is 7.15. The first-order chi connectivity index (χ1) is 12.3. The summed E-state index contributed by atoms with van der Waals surface area (Å²) in [6.45, 7) is 1.94. The number of carbonyl (C=O) groups excluding carboxylic acids is 1. The van der Waals surface area contributed by atoms with Gasteiger partial charge in [0.15, 0.2) is 5.13 Å². The SMILES string of the molecule is Cc1cnn(CC(=O)Nc2ncc(Cc3cccc(C(F)(F)F)c3)s2)c1. The molecule has 0 saturated carbocycles. The summed E-state index contributed by atoms with van der Waals surface area (Å²) in [4.78, 5) is 16.8. The van der Waals surface area contributed by atoms with Crippen molar-refractivity contribution in [2.75, 3.05) is 5.32 Å². The van der Waals surface area contributed by atoms with Gasteiger partial charge in [0.05, 0.1) is 11.8 Å². The molecule has 1 aromatic carbocycles. The molecule has 2 heterocycles. The van der Waals surface area contributed by atoms with Crippen LogP contribution in [0.15, 0.2) is 42.9 Å². The third-order valence-electron chi connectivity index (χ3n) is 3.50. The zero-order valence-corrected chi connectivity index (χ0v) is 14.6. The van der Waals surface area contributed by atoms with E-state index in [2.05, 4.69) is 15.4 Å². The van der Waals surface area contributed by atoms with Crippen LogP contribution < -0.4 is 5.32 Å². The molecule has 1 amide bonds. The Morgan fingerprint density at radius 3 is 2.81 bits per heavy atom. The molecule has 0 aliphatic heterocycles. The first-order valence-corrected chi connectivity index (χ1v) is 8.51. The van der Waals surface area contributed by atoms with Gasteiger partial charge in [-0.25, -0.2) is 4.98 Å². The fraction of sp³-hybridized carbons (Fsp3) is 0.235. The number of hydrogen-bond acceptors (Lipinski definition) is 4.